The van der Waals surface area contributed by atoms with E-state index in [1.807, 2.05) is 0 Å². The molecule has 1 aromatic rings. The highest BCUT2D eigenvalue weighted by atomic mass is 16.5. The Kier molecular flexibility index (Phi) is 5.53. The molecule has 1 saturated heterocycles. The van der Waals surface area contributed by atoms with Gasteiger partial charge in [0.25, 0.3) is 5.89 Å². The summed E-state index contributed by atoms with van der Waals surface area (Å²) in [4.78, 5) is 4.30. The molecule has 102 valence electrons. The second-order valence-corrected chi connectivity index (χ2v) is 3.97. The van der Waals surface area contributed by atoms with Crippen LogP contribution in [0, 0.1) is 0 Å². The molecule has 7 heteroatoms. The fourth-order valence-electron chi connectivity index (χ4n) is 1.63. The quantitative estimate of drug-likeness (QED) is 0.685. The standard InChI is InChI=1S/C11H19N3O4/c1-15-6-7-16-4-2-10-13-11(18-14-10)9-8-12-3-5-17-9/h9,12H,2-8H2,1H3. The lowest BCUT2D eigenvalue weighted by atomic mass is 10.3. The van der Waals surface area contributed by atoms with Crippen molar-refractivity contribution in [1.82, 2.24) is 15.5 Å². The van der Waals surface area contributed by atoms with E-state index in [4.69, 9.17) is 18.7 Å². The normalized spacial score (nSPS) is 20.2. The van der Waals surface area contributed by atoms with Crippen LogP contribution in [0.2, 0.25) is 0 Å². The van der Waals surface area contributed by atoms with Gasteiger partial charge < -0.3 is 24.1 Å². The molecule has 0 spiro atoms. The van der Waals surface area contributed by atoms with Gasteiger partial charge in [-0.1, -0.05) is 5.16 Å². The maximum Gasteiger partial charge on any atom is 0.257 e. The summed E-state index contributed by atoms with van der Waals surface area (Å²) >= 11 is 0. The van der Waals surface area contributed by atoms with E-state index in [1.165, 1.54) is 0 Å². The van der Waals surface area contributed by atoms with Gasteiger partial charge in [-0.15, -0.1) is 0 Å². The topological polar surface area (TPSA) is 78.6 Å². The van der Waals surface area contributed by atoms with Crippen LogP contribution in [0.1, 0.15) is 17.8 Å². The SMILES string of the molecule is COCCOCCc1noc(C2CNCCO2)n1. The Hall–Kier alpha value is -1.02. The second kappa shape index (κ2) is 7.42. The van der Waals surface area contributed by atoms with Crippen LogP contribution in [-0.2, 0) is 20.6 Å². The average Bonchev–Trinajstić information content (AvgIpc) is 2.88. The lowest BCUT2D eigenvalue weighted by Crippen LogP contribution is -2.33. The molecule has 0 amide bonds. The van der Waals surface area contributed by atoms with E-state index < -0.39 is 0 Å². The van der Waals surface area contributed by atoms with Crippen LogP contribution >= 0.6 is 0 Å². The molecule has 1 aliphatic rings. The number of methoxy groups -OCH3 is 1. The van der Waals surface area contributed by atoms with Crippen molar-refractivity contribution in [2.24, 2.45) is 0 Å². The number of nitrogens with zero attached hydrogens (tertiary/aromatic N) is 2. The number of hydrogen-bond donors (Lipinski definition) is 1. The number of ether oxygens (including phenoxy) is 3. The van der Waals surface area contributed by atoms with E-state index in [9.17, 15) is 0 Å². The fraction of sp³-hybridized carbons (Fsp3) is 0.818. The van der Waals surface area contributed by atoms with E-state index in [1.54, 1.807) is 7.11 Å². The lowest BCUT2D eigenvalue weighted by Gasteiger charge is -2.19. The molecular formula is C11H19N3O4. The Morgan fingerprint density at radius 3 is 3.11 bits per heavy atom. The first-order valence-electron chi connectivity index (χ1n) is 6.11. The lowest BCUT2D eigenvalue weighted by molar-refractivity contribution is 0.00755. The summed E-state index contributed by atoms with van der Waals surface area (Å²) in [5.41, 5.74) is 0. The number of morpholine rings is 1. The van der Waals surface area contributed by atoms with Crippen LogP contribution < -0.4 is 5.32 Å². The number of aromatic nitrogens is 2. The van der Waals surface area contributed by atoms with Gasteiger partial charge in [-0.3, -0.25) is 0 Å². The van der Waals surface area contributed by atoms with Crippen LogP contribution in [0.4, 0.5) is 0 Å². The summed E-state index contributed by atoms with van der Waals surface area (Å²) in [5, 5.41) is 7.12. The molecule has 18 heavy (non-hydrogen) atoms. The van der Waals surface area contributed by atoms with Crippen molar-refractivity contribution in [3.63, 3.8) is 0 Å². The molecule has 2 rings (SSSR count). The molecule has 0 saturated carbocycles. The van der Waals surface area contributed by atoms with Crippen molar-refractivity contribution in [1.29, 1.82) is 0 Å². The van der Waals surface area contributed by atoms with E-state index in [-0.39, 0.29) is 6.10 Å². The molecule has 2 heterocycles. The molecule has 0 aromatic carbocycles. The summed E-state index contributed by atoms with van der Waals surface area (Å²) < 4.78 is 20.9. The summed E-state index contributed by atoms with van der Waals surface area (Å²) in [6.07, 6.45) is 0.502. The van der Waals surface area contributed by atoms with Crippen molar-refractivity contribution < 1.29 is 18.7 Å². The monoisotopic (exact) mass is 257 g/mol. The minimum atomic E-state index is -0.130. The summed E-state index contributed by atoms with van der Waals surface area (Å²) in [6, 6.07) is 0. The van der Waals surface area contributed by atoms with Crippen molar-refractivity contribution in [2.45, 2.75) is 12.5 Å². The first-order chi connectivity index (χ1) is 8.90. The Bertz CT molecular complexity index is 339. The molecule has 1 aliphatic heterocycles. The first-order valence-corrected chi connectivity index (χ1v) is 6.11. The smallest absolute Gasteiger partial charge is 0.257 e. The molecular weight excluding hydrogens is 238 g/mol. The zero-order valence-electron chi connectivity index (χ0n) is 10.6. The second-order valence-electron chi connectivity index (χ2n) is 3.97. The minimum absolute atomic E-state index is 0.130. The molecule has 1 atom stereocenters. The Morgan fingerprint density at radius 2 is 2.33 bits per heavy atom. The van der Waals surface area contributed by atoms with Gasteiger partial charge in [0, 0.05) is 26.6 Å². The van der Waals surface area contributed by atoms with Gasteiger partial charge >= 0.3 is 0 Å². The predicted molar refractivity (Wildman–Crippen MR) is 62.3 cm³/mol. The molecule has 0 radical (unpaired) electrons. The van der Waals surface area contributed by atoms with Crippen molar-refractivity contribution in [3.05, 3.63) is 11.7 Å². The Balaban J connectivity index is 1.72. The third-order valence-corrected chi connectivity index (χ3v) is 2.59. The van der Waals surface area contributed by atoms with Gasteiger partial charge in [-0.2, -0.15) is 4.98 Å². The van der Waals surface area contributed by atoms with E-state index in [0.29, 0.717) is 51.1 Å². The zero-order valence-corrected chi connectivity index (χ0v) is 10.6. The Labute approximate surface area is 106 Å². The molecule has 0 aliphatic carbocycles. The summed E-state index contributed by atoms with van der Waals surface area (Å²) in [6.45, 7) is 3.99. The highest BCUT2D eigenvalue weighted by Crippen LogP contribution is 2.16. The van der Waals surface area contributed by atoms with Crippen molar-refractivity contribution in [2.75, 3.05) is 46.6 Å². The van der Waals surface area contributed by atoms with Gasteiger partial charge in [-0.05, 0) is 0 Å². The Morgan fingerprint density at radius 1 is 1.39 bits per heavy atom. The average molecular weight is 257 g/mol. The van der Waals surface area contributed by atoms with E-state index >= 15 is 0 Å². The van der Waals surface area contributed by atoms with Crippen LogP contribution in [0.5, 0.6) is 0 Å². The van der Waals surface area contributed by atoms with Gasteiger partial charge in [0.2, 0.25) is 0 Å². The number of nitrogens with one attached hydrogen (secondary N) is 1. The first kappa shape index (κ1) is 13.4. The highest BCUT2D eigenvalue weighted by Gasteiger charge is 2.21. The molecule has 0 bridgehead atoms. The van der Waals surface area contributed by atoms with Crippen molar-refractivity contribution >= 4 is 0 Å². The van der Waals surface area contributed by atoms with Crippen LogP contribution in [0.15, 0.2) is 4.52 Å². The fourth-order valence-corrected chi connectivity index (χ4v) is 1.63. The molecule has 7 nitrogen and oxygen atoms in total. The molecule has 1 unspecified atom stereocenters. The van der Waals surface area contributed by atoms with E-state index in [2.05, 4.69) is 15.5 Å². The van der Waals surface area contributed by atoms with Gasteiger partial charge in [-0.25, -0.2) is 0 Å². The van der Waals surface area contributed by atoms with Crippen LogP contribution in [0.3, 0.4) is 0 Å². The van der Waals surface area contributed by atoms with Crippen molar-refractivity contribution in [3.8, 4) is 0 Å². The van der Waals surface area contributed by atoms with Gasteiger partial charge in [0.05, 0.1) is 26.4 Å². The maximum absolute atomic E-state index is 5.53. The minimum Gasteiger partial charge on any atom is -0.382 e. The summed E-state index contributed by atoms with van der Waals surface area (Å²) in [7, 11) is 1.65. The molecule has 1 aromatic heterocycles. The number of hydrogen-bond acceptors (Lipinski definition) is 7. The van der Waals surface area contributed by atoms with Gasteiger partial charge in [0.1, 0.15) is 6.10 Å². The highest BCUT2D eigenvalue weighted by molar-refractivity contribution is 4.92. The summed E-state index contributed by atoms with van der Waals surface area (Å²) in [5.74, 6) is 1.19. The third kappa shape index (κ3) is 4.02. The van der Waals surface area contributed by atoms with E-state index in [0.717, 1.165) is 6.54 Å². The van der Waals surface area contributed by atoms with Gasteiger partial charge in [0.15, 0.2) is 5.82 Å². The predicted octanol–water partition coefficient (Wildman–Crippen LogP) is -0.0640. The molecule has 1 fully saturated rings. The van der Waals surface area contributed by atoms with Crippen LogP contribution in [0.25, 0.3) is 0 Å². The maximum atomic E-state index is 5.53. The largest absolute Gasteiger partial charge is 0.382 e. The number of rotatable bonds is 7. The third-order valence-electron chi connectivity index (χ3n) is 2.59. The zero-order chi connectivity index (χ0) is 12.6. The van der Waals surface area contributed by atoms with Crippen LogP contribution in [-0.4, -0.2) is 56.8 Å². The molecule has 1 N–H and O–H groups in total.